The second kappa shape index (κ2) is 7.13. The Bertz CT molecular complexity index is 827. The highest BCUT2D eigenvalue weighted by atomic mass is 16.1. The van der Waals surface area contributed by atoms with Crippen LogP contribution in [0.4, 0.5) is 5.69 Å². The van der Waals surface area contributed by atoms with E-state index in [4.69, 9.17) is 0 Å². The van der Waals surface area contributed by atoms with E-state index < -0.39 is 0 Å². The largest absolute Gasteiger partial charge is 0.370 e. The van der Waals surface area contributed by atoms with Crippen molar-refractivity contribution in [1.29, 1.82) is 0 Å². The van der Waals surface area contributed by atoms with Gasteiger partial charge in [-0.2, -0.15) is 0 Å². The fourth-order valence-corrected chi connectivity index (χ4v) is 2.68. The molecule has 4 nitrogen and oxygen atoms in total. The van der Waals surface area contributed by atoms with Crippen LogP contribution in [0.1, 0.15) is 17.3 Å². The molecule has 1 amide bonds. The second-order valence-electron chi connectivity index (χ2n) is 5.89. The lowest BCUT2D eigenvalue weighted by Crippen LogP contribution is -2.40. The van der Waals surface area contributed by atoms with E-state index in [1.54, 1.807) is 6.20 Å². The van der Waals surface area contributed by atoms with Gasteiger partial charge in [-0.3, -0.25) is 9.78 Å². The van der Waals surface area contributed by atoms with Crippen molar-refractivity contribution in [3.63, 3.8) is 0 Å². The molecule has 1 aromatic heterocycles. The van der Waals surface area contributed by atoms with Crippen molar-refractivity contribution >= 4 is 22.5 Å². The number of pyridine rings is 1. The van der Waals surface area contributed by atoms with Crippen LogP contribution in [0.25, 0.3) is 10.9 Å². The minimum atomic E-state index is -0.0902. The number of amides is 1. The molecule has 0 unspecified atom stereocenters. The number of nitrogens with one attached hydrogen (secondary N) is 1. The van der Waals surface area contributed by atoms with Gasteiger partial charge in [0.15, 0.2) is 0 Å². The predicted molar refractivity (Wildman–Crippen MR) is 98.4 cm³/mol. The number of benzene rings is 2. The average Bonchev–Trinajstić information content (AvgIpc) is 2.65. The molecule has 24 heavy (non-hydrogen) atoms. The monoisotopic (exact) mass is 319 g/mol. The van der Waals surface area contributed by atoms with Crippen molar-refractivity contribution in [1.82, 2.24) is 10.3 Å². The molecular formula is C20H21N3O. The lowest BCUT2D eigenvalue weighted by molar-refractivity contribution is 0.0953. The number of likely N-dealkylation sites (N-methyl/N-ethyl adjacent to an activating group) is 1. The Balaban J connectivity index is 1.69. The zero-order valence-corrected chi connectivity index (χ0v) is 13.9. The quantitative estimate of drug-likeness (QED) is 0.783. The number of anilines is 1. The van der Waals surface area contributed by atoms with Crippen LogP contribution in [-0.2, 0) is 0 Å². The van der Waals surface area contributed by atoms with Gasteiger partial charge in [-0.1, -0.05) is 36.4 Å². The van der Waals surface area contributed by atoms with Crippen LogP contribution in [0, 0.1) is 0 Å². The molecule has 0 saturated carbocycles. The topological polar surface area (TPSA) is 45.2 Å². The van der Waals surface area contributed by atoms with Crippen LogP contribution >= 0.6 is 0 Å². The lowest BCUT2D eigenvalue weighted by Gasteiger charge is -2.27. The van der Waals surface area contributed by atoms with Crippen LogP contribution < -0.4 is 10.2 Å². The summed E-state index contributed by atoms with van der Waals surface area (Å²) in [7, 11) is 2.03. The fraction of sp³-hybridized carbons (Fsp3) is 0.200. The number of nitrogens with zero attached hydrogens (tertiary/aromatic N) is 2. The molecule has 0 radical (unpaired) electrons. The fourth-order valence-electron chi connectivity index (χ4n) is 2.68. The molecule has 0 fully saturated rings. The maximum Gasteiger partial charge on any atom is 0.253 e. The van der Waals surface area contributed by atoms with Crippen molar-refractivity contribution in [2.24, 2.45) is 0 Å². The first-order valence-corrected chi connectivity index (χ1v) is 8.06. The molecule has 1 atom stereocenters. The summed E-state index contributed by atoms with van der Waals surface area (Å²) in [6, 6.07) is 19.8. The van der Waals surface area contributed by atoms with Crippen molar-refractivity contribution in [2.75, 3.05) is 18.5 Å². The summed E-state index contributed by atoms with van der Waals surface area (Å²) in [6.07, 6.45) is 1.71. The Morgan fingerprint density at radius 3 is 2.62 bits per heavy atom. The summed E-state index contributed by atoms with van der Waals surface area (Å²) in [5.41, 5.74) is 2.48. The van der Waals surface area contributed by atoms with Gasteiger partial charge in [-0.05, 0) is 31.2 Å². The predicted octanol–water partition coefficient (Wildman–Crippen LogP) is 3.49. The normalized spacial score (nSPS) is 11.9. The molecule has 4 heteroatoms. The SMILES string of the molecule is C[C@@H](CNC(=O)c1cccc2cccnc12)N(C)c1ccccc1. The first kappa shape index (κ1) is 16.0. The number of rotatable bonds is 5. The van der Waals surface area contributed by atoms with Gasteiger partial charge in [-0.25, -0.2) is 0 Å². The van der Waals surface area contributed by atoms with Crippen molar-refractivity contribution in [3.05, 3.63) is 72.4 Å². The van der Waals surface area contributed by atoms with E-state index in [1.165, 1.54) is 0 Å². The minimum Gasteiger partial charge on any atom is -0.370 e. The van der Waals surface area contributed by atoms with E-state index in [-0.39, 0.29) is 11.9 Å². The third-order valence-electron chi connectivity index (χ3n) is 4.26. The van der Waals surface area contributed by atoms with E-state index in [2.05, 4.69) is 34.3 Å². The number of hydrogen-bond acceptors (Lipinski definition) is 3. The van der Waals surface area contributed by atoms with Crippen molar-refractivity contribution < 1.29 is 4.79 Å². The van der Waals surface area contributed by atoms with Crippen molar-refractivity contribution in [2.45, 2.75) is 13.0 Å². The van der Waals surface area contributed by atoms with E-state index in [9.17, 15) is 4.79 Å². The molecule has 3 rings (SSSR count). The van der Waals surface area contributed by atoms with E-state index in [0.29, 0.717) is 12.1 Å². The number of carbonyl (C=O) groups excluding carboxylic acids is 1. The number of para-hydroxylation sites is 2. The number of hydrogen-bond donors (Lipinski definition) is 1. The third-order valence-corrected chi connectivity index (χ3v) is 4.26. The van der Waals surface area contributed by atoms with Gasteiger partial charge in [-0.15, -0.1) is 0 Å². The van der Waals surface area contributed by atoms with Crippen LogP contribution in [0.3, 0.4) is 0 Å². The smallest absolute Gasteiger partial charge is 0.253 e. The zero-order chi connectivity index (χ0) is 16.9. The molecular weight excluding hydrogens is 298 g/mol. The standard InChI is InChI=1S/C20H21N3O/c1-15(23(2)17-10-4-3-5-11-17)14-22-20(24)18-12-6-8-16-9-7-13-21-19(16)18/h3-13,15H,14H2,1-2H3,(H,22,24)/t15-/m0/s1. The van der Waals surface area contributed by atoms with Crippen LogP contribution in [0.15, 0.2) is 66.9 Å². The third kappa shape index (κ3) is 3.38. The molecule has 1 N–H and O–H groups in total. The summed E-state index contributed by atoms with van der Waals surface area (Å²) in [6.45, 7) is 2.65. The molecule has 0 spiro atoms. The zero-order valence-electron chi connectivity index (χ0n) is 13.9. The summed E-state index contributed by atoms with van der Waals surface area (Å²) < 4.78 is 0. The number of aromatic nitrogens is 1. The molecule has 0 saturated heterocycles. The van der Waals surface area contributed by atoms with Gasteiger partial charge in [0.05, 0.1) is 11.1 Å². The highest BCUT2D eigenvalue weighted by Crippen LogP contribution is 2.16. The van der Waals surface area contributed by atoms with Crippen molar-refractivity contribution in [3.8, 4) is 0 Å². The molecule has 122 valence electrons. The summed E-state index contributed by atoms with van der Waals surface area (Å²) in [5, 5.41) is 3.99. The Kier molecular flexibility index (Phi) is 4.75. The average molecular weight is 319 g/mol. The summed E-state index contributed by atoms with van der Waals surface area (Å²) in [4.78, 5) is 19.0. The summed E-state index contributed by atoms with van der Waals surface area (Å²) in [5.74, 6) is -0.0902. The molecule has 0 aliphatic rings. The molecule has 2 aromatic carbocycles. The Labute approximate surface area is 142 Å². The highest BCUT2D eigenvalue weighted by molar-refractivity contribution is 6.05. The van der Waals surface area contributed by atoms with Gasteiger partial charge in [0, 0.05) is 36.9 Å². The van der Waals surface area contributed by atoms with Crippen LogP contribution in [0.2, 0.25) is 0 Å². The molecule has 0 aliphatic heterocycles. The van der Waals surface area contributed by atoms with E-state index in [1.807, 2.05) is 55.6 Å². The second-order valence-corrected chi connectivity index (χ2v) is 5.89. The Morgan fingerprint density at radius 2 is 1.83 bits per heavy atom. The first-order chi connectivity index (χ1) is 11.7. The number of carbonyl (C=O) groups is 1. The molecule has 1 heterocycles. The van der Waals surface area contributed by atoms with E-state index in [0.717, 1.165) is 16.6 Å². The first-order valence-electron chi connectivity index (χ1n) is 8.06. The Hall–Kier alpha value is -2.88. The van der Waals surface area contributed by atoms with E-state index >= 15 is 0 Å². The maximum atomic E-state index is 12.6. The molecule has 0 aliphatic carbocycles. The lowest BCUT2D eigenvalue weighted by atomic mass is 10.1. The molecule has 3 aromatic rings. The minimum absolute atomic E-state index is 0.0902. The van der Waals surface area contributed by atoms with Crippen LogP contribution in [-0.4, -0.2) is 30.5 Å². The van der Waals surface area contributed by atoms with Gasteiger partial charge in [0.2, 0.25) is 0 Å². The highest BCUT2D eigenvalue weighted by Gasteiger charge is 2.14. The van der Waals surface area contributed by atoms with Gasteiger partial charge < -0.3 is 10.2 Å². The van der Waals surface area contributed by atoms with Gasteiger partial charge in [0.1, 0.15) is 0 Å². The van der Waals surface area contributed by atoms with Gasteiger partial charge >= 0.3 is 0 Å². The number of fused-ring (bicyclic) bond motifs is 1. The maximum absolute atomic E-state index is 12.6. The molecule has 0 bridgehead atoms. The Morgan fingerprint density at radius 1 is 1.08 bits per heavy atom. The van der Waals surface area contributed by atoms with Crippen LogP contribution in [0.5, 0.6) is 0 Å². The van der Waals surface area contributed by atoms with Gasteiger partial charge in [0.25, 0.3) is 5.91 Å². The summed E-state index contributed by atoms with van der Waals surface area (Å²) >= 11 is 0.